The maximum absolute atomic E-state index is 12.2. The summed E-state index contributed by atoms with van der Waals surface area (Å²) in [6.07, 6.45) is 6.53. The zero-order valence-corrected chi connectivity index (χ0v) is 20.4. The third-order valence-electron chi connectivity index (χ3n) is 6.69. The number of carbonyl (C=O) groups is 1. The van der Waals surface area contributed by atoms with Crippen LogP contribution in [0.2, 0.25) is 0 Å². The molecule has 0 aromatic carbocycles. The van der Waals surface area contributed by atoms with Crippen LogP contribution in [0.1, 0.15) is 70.6 Å². The second-order valence-electron chi connectivity index (χ2n) is 9.54. The molecular formula is C22H43N2O8P. The van der Waals surface area contributed by atoms with Crippen LogP contribution >= 0.6 is 7.60 Å². The van der Waals surface area contributed by atoms with Gasteiger partial charge in [0.15, 0.2) is 0 Å². The number of hydrogen-bond acceptors (Lipinski definition) is 8. The van der Waals surface area contributed by atoms with Gasteiger partial charge in [0.2, 0.25) is 5.91 Å². The average Bonchev–Trinajstić information content (AvgIpc) is 3.04. The van der Waals surface area contributed by atoms with Crippen LogP contribution in [0.25, 0.3) is 0 Å². The Labute approximate surface area is 196 Å². The van der Waals surface area contributed by atoms with Crippen molar-refractivity contribution in [3.63, 3.8) is 0 Å². The number of aliphatic hydroxyl groups is 4. The third-order valence-corrected chi connectivity index (χ3v) is 8.16. The van der Waals surface area contributed by atoms with E-state index < -0.39 is 44.2 Å². The second kappa shape index (κ2) is 14.7. The molecule has 10 nitrogen and oxygen atoms in total. The van der Waals surface area contributed by atoms with Crippen molar-refractivity contribution in [1.29, 1.82) is 0 Å². The van der Waals surface area contributed by atoms with Crippen molar-refractivity contribution < 1.29 is 39.2 Å². The molecule has 2 aliphatic rings. The predicted octanol–water partition coefficient (Wildman–Crippen LogP) is 0.641. The van der Waals surface area contributed by atoms with Crippen LogP contribution in [0, 0.1) is 5.92 Å². The van der Waals surface area contributed by atoms with Crippen LogP contribution in [0.4, 0.5) is 0 Å². The van der Waals surface area contributed by atoms with E-state index in [1.54, 1.807) is 0 Å². The van der Waals surface area contributed by atoms with Crippen molar-refractivity contribution in [2.24, 2.45) is 5.92 Å². The Bertz CT molecular complexity index is 619. The Morgan fingerprint density at radius 3 is 2.45 bits per heavy atom. The van der Waals surface area contributed by atoms with E-state index in [1.165, 1.54) is 38.5 Å². The number of amides is 1. The van der Waals surface area contributed by atoms with E-state index in [9.17, 15) is 29.6 Å². The standard InChI is InChI=1S/C22H43N2O8P/c25-14-19-22(29)21(28)18(24-19)13-17(26)15-33(30,31)32-12-6-11-23-20(27)10-5-4-9-16-7-2-1-3-8-16/h16-19,21-22,24-26,28-29H,1-15H2,(H,23,27)(H,30,31)/t17-,18-,19-,21-,22-/m1/s1. The largest absolute Gasteiger partial charge is 0.395 e. The average molecular weight is 495 g/mol. The van der Waals surface area contributed by atoms with Gasteiger partial charge in [-0.05, 0) is 25.2 Å². The van der Waals surface area contributed by atoms with Gasteiger partial charge in [-0.15, -0.1) is 0 Å². The summed E-state index contributed by atoms with van der Waals surface area (Å²) in [5.74, 6) is 0.808. The molecule has 1 amide bonds. The van der Waals surface area contributed by atoms with Crippen LogP contribution in [0.15, 0.2) is 0 Å². The molecule has 1 saturated carbocycles. The Balaban J connectivity index is 1.51. The van der Waals surface area contributed by atoms with Crippen molar-refractivity contribution in [2.45, 2.75) is 101 Å². The van der Waals surface area contributed by atoms with Crippen LogP contribution in [-0.2, 0) is 13.9 Å². The monoisotopic (exact) mass is 494 g/mol. The number of carbonyl (C=O) groups excluding carboxylic acids is 1. The van der Waals surface area contributed by atoms with Crippen molar-refractivity contribution in [1.82, 2.24) is 10.6 Å². The molecule has 1 aliphatic heterocycles. The van der Waals surface area contributed by atoms with Crippen LogP contribution in [0.3, 0.4) is 0 Å². The first kappa shape index (κ1) is 28.7. The fourth-order valence-corrected chi connectivity index (χ4v) is 5.99. The van der Waals surface area contributed by atoms with E-state index in [1.807, 2.05) is 0 Å². The van der Waals surface area contributed by atoms with Gasteiger partial charge in [-0.1, -0.05) is 44.9 Å². The summed E-state index contributed by atoms with van der Waals surface area (Å²) in [6, 6.07) is -1.41. The molecule has 1 unspecified atom stereocenters. The van der Waals surface area contributed by atoms with Gasteiger partial charge in [-0.3, -0.25) is 9.36 Å². The Hall–Kier alpha value is -0.580. The molecule has 33 heavy (non-hydrogen) atoms. The minimum Gasteiger partial charge on any atom is -0.395 e. The lowest BCUT2D eigenvalue weighted by Gasteiger charge is -2.21. The number of hydrogen-bond donors (Lipinski definition) is 7. The first-order valence-electron chi connectivity index (χ1n) is 12.4. The van der Waals surface area contributed by atoms with Gasteiger partial charge < -0.3 is 40.5 Å². The summed E-state index contributed by atoms with van der Waals surface area (Å²) in [7, 11) is -4.05. The summed E-state index contributed by atoms with van der Waals surface area (Å²) in [5, 5.41) is 44.6. The van der Waals surface area contributed by atoms with Gasteiger partial charge in [-0.2, -0.15) is 0 Å². The molecule has 194 valence electrons. The number of unbranched alkanes of at least 4 members (excludes halogenated alkanes) is 1. The van der Waals surface area contributed by atoms with Crippen LogP contribution in [-0.4, -0.2) is 87.5 Å². The molecule has 1 aliphatic carbocycles. The quantitative estimate of drug-likeness (QED) is 0.128. The van der Waals surface area contributed by atoms with Gasteiger partial charge in [0, 0.05) is 19.0 Å². The maximum Gasteiger partial charge on any atom is 0.330 e. The Morgan fingerprint density at radius 1 is 1.09 bits per heavy atom. The van der Waals surface area contributed by atoms with E-state index in [4.69, 9.17) is 9.63 Å². The highest BCUT2D eigenvalue weighted by atomic mass is 31.2. The SMILES string of the molecule is O=C(CCCCC1CCCCC1)NCCCOP(=O)(O)C[C@H](O)C[C@H]1N[C@H](CO)[C@@H](O)[C@@H]1O. The third kappa shape index (κ3) is 10.7. The molecule has 0 aromatic heterocycles. The Kier molecular flexibility index (Phi) is 12.8. The minimum absolute atomic E-state index is 0.0211. The first-order chi connectivity index (χ1) is 15.7. The predicted molar refractivity (Wildman–Crippen MR) is 124 cm³/mol. The van der Waals surface area contributed by atoms with Crippen LogP contribution < -0.4 is 10.6 Å². The molecule has 11 heteroatoms. The smallest absolute Gasteiger partial charge is 0.330 e. The summed E-state index contributed by atoms with van der Waals surface area (Å²) in [6.45, 7) is -0.0515. The zero-order chi connectivity index (χ0) is 24.3. The van der Waals surface area contributed by atoms with Gasteiger partial charge in [-0.25, -0.2) is 0 Å². The molecule has 0 bridgehead atoms. The summed E-state index contributed by atoms with van der Waals surface area (Å²) in [4.78, 5) is 21.9. The van der Waals surface area contributed by atoms with Gasteiger partial charge in [0.25, 0.3) is 0 Å². The lowest BCUT2D eigenvalue weighted by Crippen LogP contribution is -2.38. The highest BCUT2D eigenvalue weighted by Crippen LogP contribution is 2.43. The van der Waals surface area contributed by atoms with E-state index in [-0.39, 0.29) is 25.5 Å². The fraction of sp³-hybridized carbons (Fsp3) is 0.955. The molecule has 7 N–H and O–H groups in total. The lowest BCUT2D eigenvalue weighted by atomic mass is 9.85. The molecule has 2 fully saturated rings. The normalized spacial score (nSPS) is 29.0. The zero-order valence-electron chi connectivity index (χ0n) is 19.5. The summed E-state index contributed by atoms with van der Waals surface area (Å²) < 4.78 is 17.2. The molecule has 0 radical (unpaired) electrons. The molecule has 6 atom stereocenters. The number of rotatable bonds is 15. The minimum atomic E-state index is -4.05. The van der Waals surface area contributed by atoms with Gasteiger partial charge in [0.1, 0.15) is 0 Å². The molecule has 2 rings (SSSR count). The second-order valence-corrected chi connectivity index (χ2v) is 11.4. The van der Waals surface area contributed by atoms with Crippen molar-refractivity contribution in [2.75, 3.05) is 25.9 Å². The molecule has 1 heterocycles. The van der Waals surface area contributed by atoms with Crippen molar-refractivity contribution in [3.05, 3.63) is 0 Å². The number of nitrogens with one attached hydrogen (secondary N) is 2. The van der Waals surface area contributed by atoms with E-state index in [0.717, 1.165) is 18.8 Å². The Morgan fingerprint density at radius 2 is 1.79 bits per heavy atom. The van der Waals surface area contributed by atoms with Crippen molar-refractivity contribution >= 4 is 13.5 Å². The van der Waals surface area contributed by atoms with Gasteiger partial charge in [0.05, 0.1) is 43.7 Å². The highest BCUT2D eigenvalue weighted by Gasteiger charge is 2.41. The van der Waals surface area contributed by atoms with E-state index >= 15 is 0 Å². The summed E-state index contributed by atoms with van der Waals surface area (Å²) >= 11 is 0. The molecule has 0 aromatic rings. The molecule has 1 saturated heterocycles. The van der Waals surface area contributed by atoms with Crippen LogP contribution in [0.5, 0.6) is 0 Å². The molecule has 0 spiro atoms. The lowest BCUT2D eigenvalue weighted by molar-refractivity contribution is -0.121. The topological polar surface area (TPSA) is 169 Å². The fourth-order valence-electron chi connectivity index (χ4n) is 4.79. The van der Waals surface area contributed by atoms with E-state index in [2.05, 4.69) is 10.6 Å². The first-order valence-corrected chi connectivity index (χ1v) is 14.1. The van der Waals surface area contributed by atoms with Gasteiger partial charge >= 0.3 is 7.60 Å². The summed E-state index contributed by atoms with van der Waals surface area (Å²) in [5.41, 5.74) is 0. The molecular weight excluding hydrogens is 451 g/mol. The van der Waals surface area contributed by atoms with E-state index in [0.29, 0.717) is 19.4 Å². The maximum atomic E-state index is 12.2. The van der Waals surface area contributed by atoms with Crippen molar-refractivity contribution in [3.8, 4) is 0 Å². The number of aliphatic hydroxyl groups excluding tert-OH is 4. The highest BCUT2D eigenvalue weighted by molar-refractivity contribution is 7.52.